The lowest BCUT2D eigenvalue weighted by atomic mass is 9.95. The molecule has 0 aliphatic rings. The molecule has 0 aliphatic carbocycles. The molecule has 1 aromatic heterocycles. The van der Waals surface area contributed by atoms with Crippen LogP contribution in [-0.2, 0) is 0 Å². The first-order valence-corrected chi connectivity index (χ1v) is 5.32. The highest BCUT2D eigenvalue weighted by atomic mass is 79.9. The summed E-state index contributed by atoms with van der Waals surface area (Å²) in [5.41, 5.74) is 6.96. The number of nitrogens with zero attached hydrogens (tertiary/aromatic N) is 1. The molecule has 1 heterocycles. The molecular formula is C10H15BrN2. The summed E-state index contributed by atoms with van der Waals surface area (Å²) in [6, 6.07) is 4.07. The van der Waals surface area contributed by atoms with Gasteiger partial charge in [-0.05, 0) is 41.4 Å². The predicted molar refractivity (Wildman–Crippen MR) is 58.6 cm³/mol. The van der Waals surface area contributed by atoms with Gasteiger partial charge in [-0.2, -0.15) is 0 Å². The van der Waals surface area contributed by atoms with Gasteiger partial charge < -0.3 is 5.73 Å². The van der Waals surface area contributed by atoms with Gasteiger partial charge in [0, 0.05) is 22.6 Å². The highest BCUT2D eigenvalue weighted by molar-refractivity contribution is 9.10. The lowest BCUT2D eigenvalue weighted by Crippen LogP contribution is -2.25. The molecule has 0 radical (unpaired) electrons. The zero-order valence-corrected chi connectivity index (χ0v) is 9.58. The maximum absolute atomic E-state index is 5.89. The Morgan fingerprint density at radius 1 is 1.62 bits per heavy atom. The van der Waals surface area contributed by atoms with Crippen molar-refractivity contribution in [3.8, 4) is 0 Å². The topological polar surface area (TPSA) is 38.9 Å². The van der Waals surface area contributed by atoms with Crippen molar-refractivity contribution in [1.82, 2.24) is 4.98 Å². The highest BCUT2D eigenvalue weighted by Crippen LogP contribution is 2.26. The van der Waals surface area contributed by atoms with Crippen LogP contribution >= 0.6 is 15.9 Å². The maximum Gasteiger partial charge on any atom is 0.0591 e. The molecule has 0 fully saturated rings. The Hall–Kier alpha value is -0.410. The van der Waals surface area contributed by atoms with Gasteiger partial charge in [-0.1, -0.05) is 6.92 Å². The summed E-state index contributed by atoms with van der Waals surface area (Å²) in [4.78, 5) is 4.34. The Morgan fingerprint density at radius 3 is 2.77 bits per heavy atom. The van der Waals surface area contributed by atoms with Crippen LogP contribution in [0, 0.1) is 0 Å². The molecule has 0 saturated heterocycles. The van der Waals surface area contributed by atoms with E-state index >= 15 is 0 Å². The molecule has 3 heteroatoms. The smallest absolute Gasteiger partial charge is 0.0591 e. The van der Waals surface area contributed by atoms with E-state index in [9.17, 15) is 0 Å². The summed E-state index contributed by atoms with van der Waals surface area (Å²) in [6.07, 6.45) is 2.83. The Labute approximate surface area is 87.7 Å². The molecule has 2 N–H and O–H groups in total. The van der Waals surface area contributed by atoms with Gasteiger partial charge in [-0.25, -0.2) is 0 Å². The molecule has 0 amide bonds. The minimum absolute atomic E-state index is 0.149. The molecule has 1 rings (SSSR count). The molecule has 0 bridgehead atoms. The molecule has 2 unspecified atom stereocenters. The monoisotopic (exact) mass is 242 g/mol. The summed E-state index contributed by atoms with van der Waals surface area (Å²) in [5, 5.41) is 0. The van der Waals surface area contributed by atoms with Gasteiger partial charge in [0.2, 0.25) is 0 Å². The van der Waals surface area contributed by atoms with E-state index in [2.05, 4.69) is 27.8 Å². The maximum atomic E-state index is 5.89. The van der Waals surface area contributed by atoms with E-state index in [0.29, 0.717) is 5.92 Å². The normalized spacial score (nSPS) is 15.4. The fourth-order valence-electron chi connectivity index (χ4n) is 1.48. The van der Waals surface area contributed by atoms with Crippen LogP contribution in [0.5, 0.6) is 0 Å². The van der Waals surface area contributed by atoms with Crippen LogP contribution in [0.3, 0.4) is 0 Å². The van der Waals surface area contributed by atoms with E-state index < -0.39 is 0 Å². The van der Waals surface area contributed by atoms with Crippen LogP contribution in [0.2, 0.25) is 0 Å². The summed E-state index contributed by atoms with van der Waals surface area (Å²) in [6.45, 7) is 4.16. The average Bonchev–Trinajstić information content (AvgIpc) is 2.09. The molecule has 1 aromatic rings. The van der Waals surface area contributed by atoms with Gasteiger partial charge in [-0.3, -0.25) is 4.98 Å². The Balaban J connectivity index is 2.97. The molecule has 0 saturated carbocycles. The number of hydrogen-bond acceptors (Lipinski definition) is 2. The van der Waals surface area contributed by atoms with E-state index in [1.807, 2.05) is 25.3 Å². The van der Waals surface area contributed by atoms with Crippen molar-refractivity contribution < 1.29 is 0 Å². The van der Waals surface area contributed by atoms with Gasteiger partial charge in [-0.15, -0.1) is 0 Å². The number of halogens is 1. The molecule has 72 valence electrons. The van der Waals surface area contributed by atoms with Crippen LogP contribution in [-0.4, -0.2) is 11.0 Å². The van der Waals surface area contributed by atoms with E-state index in [-0.39, 0.29) is 6.04 Å². The molecule has 2 nitrogen and oxygen atoms in total. The minimum Gasteiger partial charge on any atom is -0.327 e. The van der Waals surface area contributed by atoms with Crippen LogP contribution in [0.4, 0.5) is 0 Å². The summed E-state index contributed by atoms with van der Waals surface area (Å²) in [5.74, 6) is 0.343. The fraction of sp³-hybridized carbons (Fsp3) is 0.500. The van der Waals surface area contributed by atoms with Crippen molar-refractivity contribution >= 4 is 15.9 Å². The highest BCUT2D eigenvalue weighted by Gasteiger charge is 2.17. The number of nitrogens with two attached hydrogens (primary N) is 1. The first kappa shape index (κ1) is 10.7. The van der Waals surface area contributed by atoms with Crippen molar-refractivity contribution in [2.45, 2.75) is 32.2 Å². The van der Waals surface area contributed by atoms with Crippen LogP contribution < -0.4 is 5.73 Å². The molecule has 0 spiro atoms. The van der Waals surface area contributed by atoms with Crippen molar-refractivity contribution in [3.63, 3.8) is 0 Å². The van der Waals surface area contributed by atoms with Crippen molar-refractivity contribution in [3.05, 3.63) is 28.5 Å². The largest absolute Gasteiger partial charge is 0.327 e. The summed E-state index contributed by atoms with van der Waals surface area (Å²) < 4.78 is 1.05. The number of pyridine rings is 1. The van der Waals surface area contributed by atoms with Gasteiger partial charge in [0.05, 0.1) is 5.69 Å². The van der Waals surface area contributed by atoms with Crippen molar-refractivity contribution in [1.29, 1.82) is 0 Å². The second kappa shape index (κ2) is 4.72. The average molecular weight is 243 g/mol. The lowest BCUT2D eigenvalue weighted by Gasteiger charge is -2.19. The Morgan fingerprint density at radius 2 is 2.31 bits per heavy atom. The van der Waals surface area contributed by atoms with E-state index in [0.717, 1.165) is 16.6 Å². The Bertz CT molecular complexity index is 273. The summed E-state index contributed by atoms with van der Waals surface area (Å²) in [7, 11) is 0. The number of hydrogen-bond donors (Lipinski definition) is 1. The lowest BCUT2D eigenvalue weighted by molar-refractivity contribution is 0.538. The predicted octanol–water partition coefficient (Wildman–Crippen LogP) is 2.68. The van der Waals surface area contributed by atoms with Crippen LogP contribution in [0.1, 0.15) is 31.9 Å². The van der Waals surface area contributed by atoms with Gasteiger partial charge in [0.25, 0.3) is 0 Å². The zero-order chi connectivity index (χ0) is 9.84. The molecule has 0 aromatic carbocycles. The van der Waals surface area contributed by atoms with Crippen LogP contribution in [0.15, 0.2) is 22.8 Å². The van der Waals surface area contributed by atoms with E-state index in [1.54, 1.807) is 0 Å². The van der Waals surface area contributed by atoms with Gasteiger partial charge in [0.15, 0.2) is 0 Å². The second-order valence-corrected chi connectivity index (χ2v) is 4.10. The van der Waals surface area contributed by atoms with E-state index in [4.69, 9.17) is 5.73 Å². The standard InChI is InChI=1S/C10H15BrN2/c1-3-8(7(2)12)10-9(11)5-4-6-13-10/h4-8H,3,12H2,1-2H3. The third kappa shape index (κ3) is 2.51. The third-order valence-electron chi connectivity index (χ3n) is 2.21. The summed E-state index contributed by atoms with van der Waals surface area (Å²) >= 11 is 3.49. The molecule has 2 atom stereocenters. The number of aromatic nitrogens is 1. The molecular weight excluding hydrogens is 228 g/mol. The van der Waals surface area contributed by atoms with Crippen LogP contribution in [0.25, 0.3) is 0 Å². The zero-order valence-electron chi connectivity index (χ0n) is 8.00. The first-order chi connectivity index (χ1) is 6.16. The molecule has 0 aliphatic heterocycles. The van der Waals surface area contributed by atoms with E-state index in [1.165, 1.54) is 0 Å². The van der Waals surface area contributed by atoms with Gasteiger partial charge in [0.1, 0.15) is 0 Å². The van der Waals surface area contributed by atoms with Crippen molar-refractivity contribution in [2.24, 2.45) is 5.73 Å². The Kier molecular flexibility index (Phi) is 3.88. The fourth-order valence-corrected chi connectivity index (χ4v) is 2.03. The number of rotatable bonds is 3. The first-order valence-electron chi connectivity index (χ1n) is 4.52. The van der Waals surface area contributed by atoms with Gasteiger partial charge >= 0.3 is 0 Å². The van der Waals surface area contributed by atoms with Crippen molar-refractivity contribution in [2.75, 3.05) is 0 Å². The minimum atomic E-state index is 0.149. The third-order valence-corrected chi connectivity index (χ3v) is 2.88. The second-order valence-electron chi connectivity index (χ2n) is 3.24. The quantitative estimate of drug-likeness (QED) is 0.886. The molecule has 13 heavy (non-hydrogen) atoms. The SMILES string of the molecule is CCC(c1ncccc1Br)C(C)N.